The van der Waals surface area contributed by atoms with Gasteiger partial charge in [-0.25, -0.2) is 4.39 Å². The normalized spacial score (nSPS) is 24.5. The van der Waals surface area contributed by atoms with Crippen LogP contribution in [0.3, 0.4) is 0 Å². The van der Waals surface area contributed by atoms with Crippen molar-refractivity contribution in [3.05, 3.63) is 35.6 Å². The molecule has 0 spiro atoms. The summed E-state index contributed by atoms with van der Waals surface area (Å²) >= 11 is 0. The van der Waals surface area contributed by atoms with Crippen LogP contribution in [-0.4, -0.2) is 37.8 Å². The van der Waals surface area contributed by atoms with Crippen LogP contribution in [0.25, 0.3) is 0 Å². The van der Waals surface area contributed by atoms with Crippen LogP contribution in [0.4, 0.5) is 4.39 Å². The van der Waals surface area contributed by atoms with E-state index in [4.69, 9.17) is 4.74 Å². The molecular weight excluding hydrogens is 432 g/mol. The van der Waals surface area contributed by atoms with Crippen LogP contribution in [0.15, 0.2) is 29.3 Å². The minimum atomic E-state index is -0.148. The van der Waals surface area contributed by atoms with Gasteiger partial charge in [-0.05, 0) is 51.2 Å². The molecule has 1 aromatic rings. The lowest BCUT2D eigenvalue weighted by atomic mass is 9.95. The summed E-state index contributed by atoms with van der Waals surface area (Å²) in [6.45, 7) is 7.15. The number of nitrogens with one attached hydrogen (secondary N) is 2. The maximum atomic E-state index is 14.1. The molecule has 0 aromatic heterocycles. The highest BCUT2D eigenvalue weighted by Gasteiger charge is 2.45. The Morgan fingerprint density at radius 1 is 1.24 bits per heavy atom. The van der Waals surface area contributed by atoms with Gasteiger partial charge in [-0.15, -0.1) is 24.0 Å². The van der Waals surface area contributed by atoms with E-state index in [1.807, 2.05) is 12.1 Å². The van der Waals surface area contributed by atoms with Crippen LogP contribution >= 0.6 is 24.0 Å². The second-order valence-corrected chi connectivity index (χ2v) is 7.21. The van der Waals surface area contributed by atoms with E-state index in [0.717, 1.165) is 50.4 Å². The molecular formula is C19H29FIN3O. The van der Waals surface area contributed by atoms with E-state index in [1.165, 1.54) is 0 Å². The SMILES string of the molecule is CCNC(=NCC1(C)CCCO1)NCC1(c2ccccc2F)CC1.I. The number of nitrogens with zero attached hydrogens (tertiary/aromatic N) is 1. The zero-order valence-corrected chi connectivity index (χ0v) is 17.4. The van der Waals surface area contributed by atoms with Gasteiger partial charge in [-0.2, -0.15) is 0 Å². The summed E-state index contributed by atoms with van der Waals surface area (Å²) in [6.07, 6.45) is 4.18. The maximum Gasteiger partial charge on any atom is 0.191 e. The number of aliphatic imine (C=N–C) groups is 1. The van der Waals surface area contributed by atoms with Gasteiger partial charge in [0.05, 0.1) is 12.1 Å². The van der Waals surface area contributed by atoms with Crippen LogP contribution in [-0.2, 0) is 10.2 Å². The molecule has 1 aliphatic carbocycles. The third-order valence-electron chi connectivity index (χ3n) is 5.11. The van der Waals surface area contributed by atoms with E-state index >= 15 is 0 Å². The molecule has 3 rings (SSSR count). The van der Waals surface area contributed by atoms with E-state index in [1.54, 1.807) is 12.1 Å². The number of hydrogen-bond acceptors (Lipinski definition) is 2. The molecule has 0 bridgehead atoms. The average molecular weight is 461 g/mol. The van der Waals surface area contributed by atoms with Gasteiger partial charge in [0.15, 0.2) is 5.96 Å². The molecule has 0 amide bonds. The third-order valence-corrected chi connectivity index (χ3v) is 5.11. The van der Waals surface area contributed by atoms with Gasteiger partial charge in [0.25, 0.3) is 0 Å². The van der Waals surface area contributed by atoms with E-state index in [2.05, 4.69) is 29.5 Å². The van der Waals surface area contributed by atoms with E-state index in [9.17, 15) is 4.39 Å². The first-order chi connectivity index (χ1) is 11.6. The fourth-order valence-electron chi connectivity index (χ4n) is 3.39. The highest BCUT2D eigenvalue weighted by molar-refractivity contribution is 14.0. The van der Waals surface area contributed by atoms with Crippen molar-refractivity contribution in [2.24, 2.45) is 4.99 Å². The Bertz CT molecular complexity index is 598. The largest absolute Gasteiger partial charge is 0.373 e. The standard InChI is InChI=1S/C19H28FN3O.HI/c1-3-21-17(22-13-18(2)9-6-12-24-18)23-14-19(10-11-19)15-7-4-5-8-16(15)20;/h4-5,7-8H,3,6,9-14H2,1-2H3,(H2,21,22,23);1H. The number of rotatable bonds is 6. The van der Waals surface area contributed by atoms with Crippen molar-refractivity contribution in [1.82, 2.24) is 10.6 Å². The Balaban J connectivity index is 0.00000225. The molecule has 4 nitrogen and oxygen atoms in total. The quantitative estimate of drug-likeness (QED) is 0.387. The van der Waals surface area contributed by atoms with Gasteiger partial charge < -0.3 is 15.4 Å². The highest BCUT2D eigenvalue weighted by Crippen LogP contribution is 2.48. The summed E-state index contributed by atoms with van der Waals surface area (Å²) in [5.41, 5.74) is 0.583. The van der Waals surface area contributed by atoms with Gasteiger partial charge in [-0.1, -0.05) is 18.2 Å². The minimum absolute atomic E-state index is 0. The second-order valence-electron chi connectivity index (χ2n) is 7.21. The Kier molecular flexibility index (Phi) is 7.08. The first kappa shape index (κ1) is 20.4. The maximum absolute atomic E-state index is 14.1. The zero-order valence-electron chi connectivity index (χ0n) is 15.1. The fourth-order valence-corrected chi connectivity index (χ4v) is 3.39. The predicted molar refractivity (Wildman–Crippen MR) is 110 cm³/mol. The van der Waals surface area contributed by atoms with Crippen molar-refractivity contribution >= 4 is 29.9 Å². The van der Waals surface area contributed by atoms with Crippen molar-refractivity contribution in [1.29, 1.82) is 0 Å². The molecule has 1 saturated heterocycles. The van der Waals surface area contributed by atoms with Gasteiger partial charge in [0.1, 0.15) is 5.82 Å². The molecule has 25 heavy (non-hydrogen) atoms. The lowest BCUT2D eigenvalue weighted by Crippen LogP contribution is -2.42. The van der Waals surface area contributed by atoms with Crippen molar-refractivity contribution in [3.63, 3.8) is 0 Å². The topological polar surface area (TPSA) is 45.7 Å². The van der Waals surface area contributed by atoms with Crippen LogP contribution in [0.2, 0.25) is 0 Å². The predicted octanol–water partition coefficient (Wildman–Crippen LogP) is 3.60. The molecule has 6 heteroatoms. The number of benzene rings is 1. The molecule has 1 atom stereocenters. The average Bonchev–Trinajstić information content (AvgIpc) is 3.24. The third kappa shape index (κ3) is 5.06. The smallest absolute Gasteiger partial charge is 0.191 e. The molecule has 1 aromatic carbocycles. The summed E-state index contributed by atoms with van der Waals surface area (Å²) in [5, 5.41) is 6.69. The Hall–Kier alpha value is -0.890. The van der Waals surface area contributed by atoms with Crippen molar-refractivity contribution in [3.8, 4) is 0 Å². The van der Waals surface area contributed by atoms with Crippen LogP contribution in [0, 0.1) is 5.82 Å². The molecule has 2 aliphatic rings. The lowest BCUT2D eigenvalue weighted by Gasteiger charge is -2.23. The zero-order chi connectivity index (χ0) is 17.0. The number of guanidine groups is 1. The first-order valence-corrected chi connectivity index (χ1v) is 8.98. The van der Waals surface area contributed by atoms with Gasteiger partial charge >= 0.3 is 0 Å². The Labute approximate surface area is 167 Å². The van der Waals surface area contributed by atoms with Crippen molar-refractivity contribution < 1.29 is 9.13 Å². The van der Waals surface area contributed by atoms with Crippen molar-refractivity contribution in [2.45, 2.75) is 50.5 Å². The summed E-state index contributed by atoms with van der Waals surface area (Å²) < 4.78 is 19.9. The lowest BCUT2D eigenvalue weighted by molar-refractivity contribution is 0.0283. The summed E-state index contributed by atoms with van der Waals surface area (Å²) in [7, 11) is 0. The van der Waals surface area contributed by atoms with Crippen molar-refractivity contribution in [2.75, 3.05) is 26.2 Å². The second kappa shape index (κ2) is 8.66. The molecule has 2 N–H and O–H groups in total. The minimum Gasteiger partial charge on any atom is -0.373 e. The van der Waals surface area contributed by atoms with Crippen LogP contribution < -0.4 is 10.6 Å². The number of hydrogen-bond donors (Lipinski definition) is 2. The number of halogens is 2. The van der Waals surface area contributed by atoms with Gasteiger partial charge in [0, 0.05) is 25.1 Å². The molecule has 1 aliphatic heterocycles. The van der Waals surface area contributed by atoms with Gasteiger partial charge in [0.2, 0.25) is 0 Å². The van der Waals surface area contributed by atoms with E-state index < -0.39 is 0 Å². The highest BCUT2D eigenvalue weighted by atomic mass is 127. The fraction of sp³-hybridized carbons (Fsp3) is 0.632. The summed E-state index contributed by atoms with van der Waals surface area (Å²) in [6, 6.07) is 7.11. The van der Waals surface area contributed by atoms with E-state index in [-0.39, 0.29) is 40.8 Å². The monoisotopic (exact) mass is 461 g/mol. The molecule has 1 heterocycles. The Morgan fingerprint density at radius 2 is 2.00 bits per heavy atom. The van der Waals surface area contributed by atoms with Gasteiger partial charge in [-0.3, -0.25) is 4.99 Å². The summed E-state index contributed by atoms with van der Waals surface area (Å²) in [5.74, 6) is 0.683. The molecule has 140 valence electrons. The first-order valence-electron chi connectivity index (χ1n) is 8.98. The van der Waals surface area contributed by atoms with Crippen LogP contribution in [0.5, 0.6) is 0 Å². The van der Waals surface area contributed by atoms with Crippen LogP contribution in [0.1, 0.15) is 45.1 Å². The van der Waals surface area contributed by atoms with E-state index in [0.29, 0.717) is 13.1 Å². The Morgan fingerprint density at radius 3 is 2.60 bits per heavy atom. The summed E-state index contributed by atoms with van der Waals surface area (Å²) in [4.78, 5) is 4.69. The number of ether oxygens (including phenoxy) is 1. The molecule has 2 fully saturated rings. The molecule has 0 radical (unpaired) electrons. The molecule has 1 saturated carbocycles. The molecule has 1 unspecified atom stereocenters.